The van der Waals surface area contributed by atoms with Crippen LogP contribution in [0.3, 0.4) is 0 Å². The monoisotopic (exact) mass is 660 g/mol. The van der Waals surface area contributed by atoms with Gasteiger partial charge >= 0.3 is 0 Å². The summed E-state index contributed by atoms with van der Waals surface area (Å²) in [7, 11) is 0. The van der Waals surface area contributed by atoms with Crippen LogP contribution >= 0.6 is 0 Å². The molecule has 0 aliphatic heterocycles. The zero-order valence-corrected chi connectivity index (χ0v) is 28.0. The molecule has 0 N–H and O–H groups in total. The smallest absolute Gasteiger partial charge is 0.235 e. The molecule has 0 atom stereocenters. The summed E-state index contributed by atoms with van der Waals surface area (Å²) >= 11 is 0. The molecular weight excluding hydrogens is 633 g/mol. The van der Waals surface area contributed by atoms with Crippen LogP contribution in [0.4, 0.5) is 0 Å². The molecule has 0 bridgehead atoms. The number of para-hydroxylation sites is 3. The van der Waals surface area contributed by atoms with Crippen LogP contribution in [0.5, 0.6) is 0 Å². The minimum Gasteiger partial charge on any atom is -0.308 e. The minimum atomic E-state index is 0.666. The van der Waals surface area contributed by atoms with Gasteiger partial charge in [-0.2, -0.15) is 0 Å². The Balaban J connectivity index is 1.24. The second kappa shape index (κ2) is 10.3. The van der Waals surface area contributed by atoms with Gasteiger partial charge in [0.1, 0.15) is 0 Å². The summed E-state index contributed by atoms with van der Waals surface area (Å²) in [5.74, 6) is 0.666. The lowest BCUT2D eigenvalue weighted by Crippen LogP contribution is -2.04. The largest absolute Gasteiger partial charge is 0.308 e. The fourth-order valence-electron chi connectivity index (χ4n) is 8.82. The molecule has 0 radical (unpaired) electrons. The van der Waals surface area contributed by atoms with Crippen molar-refractivity contribution in [2.45, 2.75) is 0 Å². The Morgan fingerprint density at radius 3 is 1.73 bits per heavy atom. The number of benzene rings is 8. The lowest BCUT2D eigenvalue weighted by Gasteiger charge is -2.14. The SMILES string of the molecule is c1ccc(-c2ccc(-c3nc(-n4c5ccccc5c5cc6c7ccccc7n7c8ccccc8c(c54)c67)nc4ccc5ccccc5c34)cc2)cc1. The highest BCUT2D eigenvalue weighted by molar-refractivity contribution is 6.34. The van der Waals surface area contributed by atoms with Crippen molar-refractivity contribution in [3.8, 4) is 28.3 Å². The predicted octanol–water partition coefficient (Wildman–Crippen LogP) is 12.4. The number of hydrogen-bond acceptors (Lipinski definition) is 2. The molecule has 4 nitrogen and oxygen atoms in total. The van der Waals surface area contributed by atoms with Gasteiger partial charge in [-0.1, -0.05) is 140 Å². The van der Waals surface area contributed by atoms with Crippen LogP contribution in [0.25, 0.3) is 110 Å². The fourth-order valence-corrected chi connectivity index (χ4v) is 8.82. The Bertz CT molecular complexity index is 3390. The van der Waals surface area contributed by atoms with Crippen molar-refractivity contribution in [1.29, 1.82) is 0 Å². The van der Waals surface area contributed by atoms with Crippen molar-refractivity contribution in [2.75, 3.05) is 0 Å². The quantitative estimate of drug-likeness (QED) is 0.177. The molecule has 0 aliphatic rings. The Hall–Kier alpha value is -7.04. The molecule has 8 aromatic carbocycles. The highest BCUT2D eigenvalue weighted by atomic mass is 15.2. The van der Waals surface area contributed by atoms with Gasteiger partial charge in [0.05, 0.1) is 38.8 Å². The molecule has 52 heavy (non-hydrogen) atoms. The van der Waals surface area contributed by atoms with E-state index in [2.05, 4.69) is 179 Å². The third kappa shape index (κ3) is 3.65. The van der Waals surface area contributed by atoms with Crippen LogP contribution < -0.4 is 0 Å². The van der Waals surface area contributed by atoms with Gasteiger partial charge < -0.3 is 4.40 Å². The van der Waals surface area contributed by atoms with Gasteiger partial charge in [0.25, 0.3) is 0 Å². The Labute approximate surface area is 297 Å². The van der Waals surface area contributed by atoms with E-state index in [1.807, 2.05) is 0 Å². The van der Waals surface area contributed by atoms with Gasteiger partial charge in [-0.15, -0.1) is 0 Å². The standard InChI is InChI=1S/C48H28N4/c1-2-12-29(13-3-1)30-22-24-32(25-23-30)45-43-33-15-5-4-14-31(33)26-27-39(43)49-48(50-45)52-41-20-10-7-17-35(41)38-28-37-34-16-6-9-19-40(34)51-42-21-11-8-18-36(42)44(46(37)51)47(38)52/h1-28H. The molecular formula is C48H28N4. The number of aromatic nitrogens is 4. The lowest BCUT2D eigenvalue weighted by molar-refractivity contribution is 1.02. The molecule has 4 heterocycles. The molecule has 240 valence electrons. The fraction of sp³-hybridized carbons (Fsp3) is 0. The van der Waals surface area contributed by atoms with E-state index in [0.717, 1.165) is 38.6 Å². The van der Waals surface area contributed by atoms with Gasteiger partial charge in [-0.05, 0) is 52.2 Å². The van der Waals surface area contributed by atoms with E-state index in [0.29, 0.717) is 5.95 Å². The van der Waals surface area contributed by atoms with E-state index in [9.17, 15) is 0 Å². The van der Waals surface area contributed by atoms with Crippen molar-refractivity contribution in [3.05, 3.63) is 170 Å². The summed E-state index contributed by atoms with van der Waals surface area (Å²) in [4.78, 5) is 11.0. The summed E-state index contributed by atoms with van der Waals surface area (Å²) in [5, 5.41) is 10.8. The maximum atomic E-state index is 5.58. The van der Waals surface area contributed by atoms with Crippen molar-refractivity contribution in [2.24, 2.45) is 0 Å². The predicted molar refractivity (Wildman–Crippen MR) is 217 cm³/mol. The van der Waals surface area contributed by atoms with Gasteiger partial charge in [0, 0.05) is 43.3 Å². The summed E-state index contributed by atoms with van der Waals surface area (Å²) in [6, 6.07) is 61.0. The molecule has 12 rings (SSSR count). The first-order chi connectivity index (χ1) is 25.8. The van der Waals surface area contributed by atoms with Crippen LogP contribution in [0.15, 0.2) is 170 Å². The number of fused-ring (bicyclic) bond motifs is 13. The molecule has 0 amide bonds. The van der Waals surface area contributed by atoms with Crippen LogP contribution in [0.2, 0.25) is 0 Å². The van der Waals surface area contributed by atoms with Gasteiger partial charge in [-0.3, -0.25) is 4.57 Å². The van der Waals surface area contributed by atoms with Crippen LogP contribution in [0.1, 0.15) is 0 Å². The summed E-state index contributed by atoms with van der Waals surface area (Å²) in [5.41, 5.74) is 11.2. The van der Waals surface area contributed by atoms with E-state index in [4.69, 9.17) is 9.97 Å². The van der Waals surface area contributed by atoms with Crippen LogP contribution in [0, 0.1) is 0 Å². The maximum absolute atomic E-state index is 5.58. The summed E-state index contributed by atoms with van der Waals surface area (Å²) < 4.78 is 4.77. The molecule has 0 saturated heterocycles. The molecule has 12 aromatic rings. The van der Waals surface area contributed by atoms with Crippen molar-refractivity contribution < 1.29 is 0 Å². The first-order valence-electron chi connectivity index (χ1n) is 17.8. The van der Waals surface area contributed by atoms with E-state index in [-0.39, 0.29) is 0 Å². The van der Waals surface area contributed by atoms with Crippen molar-refractivity contribution in [1.82, 2.24) is 18.9 Å². The zero-order valence-electron chi connectivity index (χ0n) is 28.0. The third-order valence-corrected chi connectivity index (χ3v) is 11.0. The van der Waals surface area contributed by atoms with Gasteiger partial charge in [0.15, 0.2) is 0 Å². The van der Waals surface area contributed by atoms with Gasteiger partial charge in [-0.25, -0.2) is 9.97 Å². The Morgan fingerprint density at radius 2 is 0.942 bits per heavy atom. The molecule has 0 spiro atoms. The molecule has 0 aliphatic carbocycles. The van der Waals surface area contributed by atoms with E-state index in [1.54, 1.807) is 0 Å². The average Bonchev–Trinajstić information content (AvgIpc) is 3.85. The van der Waals surface area contributed by atoms with E-state index >= 15 is 0 Å². The van der Waals surface area contributed by atoms with Crippen molar-refractivity contribution >= 4 is 81.6 Å². The Kier molecular flexibility index (Phi) is 5.47. The highest BCUT2D eigenvalue weighted by Crippen LogP contribution is 2.46. The maximum Gasteiger partial charge on any atom is 0.235 e. The highest BCUT2D eigenvalue weighted by Gasteiger charge is 2.25. The number of rotatable bonds is 3. The zero-order chi connectivity index (χ0) is 33.9. The molecule has 4 aromatic heterocycles. The normalized spacial score (nSPS) is 12.2. The average molecular weight is 661 g/mol. The summed E-state index contributed by atoms with van der Waals surface area (Å²) in [6.07, 6.45) is 0. The minimum absolute atomic E-state index is 0.666. The van der Waals surface area contributed by atoms with Gasteiger partial charge in [0.2, 0.25) is 5.95 Å². The number of nitrogens with zero attached hydrogens (tertiary/aromatic N) is 4. The molecule has 4 heteroatoms. The van der Waals surface area contributed by atoms with Crippen LogP contribution in [-0.4, -0.2) is 18.9 Å². The Morgan fingerprint density at radius 1 is 0.365 bits per heavy atom. The third-order valence-electron chi connectivity index (χ3n) is 11.0. The molecule has 0 unspecified atom stereocenters. The first-order valence-corrected chi connectivity index (χ1v) is 17.8. The number of hydrogen-bond donors (Lipinski definition) is 0. The molecule has 0 saturated carbocycles. The lowest BCUT2D eigenvalue weighted by atomic mass is 9.98. The van der Waals surface area contributed by atoms with E-state index in [1.165, 1.54) is 65.4 Å². The van der Waals surface area contributed by atoms with Crippen LogP contribution in [-0.2, 0) is 0 Å². The topological polar surface area (TPSA) is 35.1 Å². The summed E-state index contributed by atoms with van der Waals surface area (Å²) in [6.45, 7) is 0. The molecule has 0 fully saturated rings. The first kappa shape index (κ1) is 27.7. The van der Waals surface area contributed by atoms with Crippen molar-refractivity contribution in [3.63, 3.8) is 0 Å². The van der Waals surface area contributed by atoms with E-state index < -0.39 is 0 Å². The second-order valence-corrected chi connectivity index (χ2v) is 13.8. The second-order valence-electron chi connectivity index (χ2n) is 13.8.